The molecule has 0 aliphatic rings. The van der Waals surface area contributed by atoms with Crippen molar-refractivity contribution in [3.63, 3.8) is 0 Å². The summed E-state index contributed by atoms with van der Waals surface area (Å²) in [6, 6.07) is 1.74. The number of hydrogen-bond donors (Lipinski definition) is 0. The molecule has 0 bridgehead atoms. The Morgan fingerprint density at radius 1 is 1.44 bits per heavy atom. The van der Waals surface area contributed by atoms with E-state index < -0.39 is 0 Å². The molecule has 0 unspecified atom stereocenters. The SMILES string of the molecule is CCCc1nc(Cl)cc(Sc2nncs2)n1. The van der Waals surface area contributed by atoms with Crippen molar-refractivity contribution in [2.24, 2.45) is 0 Å². The van der Waals surface area contributed by atoms with Crippen LogP contribution in [0.5, 0.6) is 0 Å². The van der Waals surface area contributed by atoms with E-state index in [0.29, 0.717) is 5.15 Å². The lowest BCUT2D eigenvalue weighted by Crippen LogP contribution is -1.95. The first-order valence-corrected chi connectivity index (χ1v) is 6.83. The molecule has 0 amide bonds. The van der Waals surface area contributed by atoms with Crippen LogP contribution in [-0.2, 0) is 6.42 Å². The van der Waals surface area contributed by atoms with E-state index in [2.05, 4.69) is 27.1 Å². The van der Waals surface area contributed by atoms with E-state index in [1.165, 1.54) is 23.1 Å². The molecule has 4 nitrogen and oxygen atoms in total. The Balaban J connectivity index is 2.20. The summed E-state index contributed by atoms with van der Waals surface area (Å²) < 4.78 is 0.859. The van der Waals surface area contributed by atoms with Crippen LogP contribution >= 0.6 is 34.7 Å². The second kappa shape index (κ2) is 5.56. The van der Waals surface area contributed by atoms with Crippen molar-refractivity contribution in [3.8, 4) is 0 Å². The fourth-order valence-electron chi connectivity index (χ4n) is 1.13. The molecule has 0 aliphatic heterocycles. The van der Waals surface area contributed by atoms with Gasteiger partial charge in [-0.3, -0.25) is 0 Å². The Labute approximate surface area is 106 Å². The zero-order valence-electron chi connectivity index (χ0n) is 8.55. The van der Waals surface area contributed by atoms with E-state index in [4.69, 9.17) is 11.6 Å². The quantitative estimate of drug-likeness (QED) is 0.801. The Morgan fingerprint density at radius 3 is 3.00 bits per heavy atom. The maximum atomic E-state index is 5.93. The third-order valence-electron chi connectivity index (χ3n) is 1.72. The van der Waals surface area contributed by atoms with Crippen molar-refractivity contribution in [1.82, 2.24) is 20.2 Å². The molecule has 0 saturated carbocycles. The average Bonchev–Trinajstić information content (AvgIpc) is 2.70. The van der Waals surface area contributed by atoms with Crippen molar-refractivity contribution in [2.75, 3.05) is 0 Å². The first-order valence-electron chi connectivity index (χ1n) is 4.75. The third-order valence-corrected chi connectivity index (χ3v) is 3.61. The zero-order valence-corrected chi connectivity index (χ0v) is 10.9. The fraction of sp³-hybridized carbons (Fsp3) is 0.333. The van der Waals surface area contributed by atoms with Crippen LogP contribution in [0.15, 0.2) is 20.9 Å². The fourth-order valence-corrected chi connectivity index (χ4v) is 2.84. The van der Waals surface area contributed by atoms with Gasteiger partial charge in [0, 0.05) is 12.5 Å². The highest BCUT2D eigenvalue weighted by atomic mass is 35.5. The lowest BCUT2D eigenvalue weighted by molar-refractivity contribution is 0.809. The third kappa shape index (κ3) is 3.13. The molecule has 0 spiro atoms. The standard InChI is InChI=1S/C9H9ClN4S2/c1-2-3-7-12-6(10)4-8(13-7)16-9-14-11-5-15-9/h4-5H,2-3H2,1H3. The Bertz CT molecular complexity index is 461. The molecule has 16 heavy (non-hydrogen) atoms. The summed E-state index contributed by atoms with van der Waals surface area (Å²) >= 11 is 8.87. The van der Waals surface area contributed by atoms with Crippen molar-refractivity contribution in [2.45, 2.75) is 29.1 Å². The molecule has 0 atom stereocenters. The maximum absolute atomic E-state index is 5.93. The number of halogens is 1. The predicted molar refractivity (Wildman–Crippen MR) is 65.1 cm³/mol. The van der Waals surface area contributed by atoms with Crippen molar-refractivity contribution in [3.05, 3.63) is 22.6 Å². The molecule has 0 radical (unpaired) electrons. The van der Waals surface area contributed by atoms with Crippen molar-refractivity contribution < 1.29 is 0 Å². The zero-order chi connectivity index (χ0) is 11.4. The molecule has 7 heteroatoms. The summed E-state index contributed by atoms with van der Waals surface area (Å²) in [6.45, 7) is 2.09. The summed E-state index contributed by atoms with van der Waals surface area (Å²) in [5, 5.41) is 9.01. The van der Waals surface area contributed by atoms with Crippen LogP contribution in [-0.4, -0.2) is 20.2 Å². The van der Waals surface area contributed by atoms with Crippen LogP contribution < -0.4 is 0 Å². The molecule has 2 rings (SSSR count). The monoisotopic (exact) mass is 272 g/mol. The largest absolute Gasteiger partial charge is 0.226 e. The van der Waals surface area contributed by atoms with Gasteiger partial charge in [-0.25, -0.2) is 9.97 Å². The van der Waals surface area contributed by atoms with Crippen LogP contribution in [0.4, 0.5) is 0 Å². The smallest absolute Gasteiger partial charge is 0.180 e. The van der Waals surface area contributed by atoms with Gasteiger partial charge < -0.3 is 0 Å². The average molecular weight is 273 g/mol. The molecule has 0 saturated heterocycles. The topological polar surface area (TPSA) is 51.6 Å². The van der Waals surface area contributed by atoms with Gasteiger partial charge in [-0.2, -0.15) is 0 Å². The minimum absolute atomic E-state index is 0.477. The molecule has 0 aliphatic carbocycles. The van der Waals surface area contributed by atoms with E-state index >= 15 is 0 Å². The van der Waals surface area contributed by atoms with Gasteiger partial charge >= 0.3 is 0 Å². The van der Waals surface area contributed by atoms with Crippen LogP contribution in [0, 0.1) is 0 Å². The van der Waals surface area contributed by atoms with Gasteiger partial charge in [-0.15, -0.1) is 10.2 Å². The summed E-state index contributed by atoms with van der Waals surface area (Å²) in [5.74, 6) is 0.780. The number of hydrogen-bond acceptors (Lipinski definition) is 6. The second-order valence-corrected chi connectivity index (χ2v) is 5.49. The lowest BCUT2D eigenvalue weighted by atomic mass is 10.3. The number of aryl methyl sites for hydroxylation is 1. The highest BCUT2D eigenvalue weighted by molar-refractivity contribution is 8.00. The molecule has 0 N–H and O–H groups in total. The summed E-state index contributed by atoms with van der Waals surface area (Å²) in [7, 11) is 0. The van der Waals surface area contributed by atoms with Crippen LogP contribution in [0.1, 0.15) is 19.2 Å². The molecule has 0 fully saturated rings. The van der Waals surface area contributed by atoms with Crippen molar-refractivity contribution >= 4 is 34.7 Å². The highest BCUT2D eigenvalue weighted by Crippen LogP contribution is 2.28. The van der Waals surface area contributed by atoms with E-state index in [1.807, 2.05) is 0 Å². The van der Waals surface area contributed by atoms with Gasteiger partial charge in [-0.05, 0) is 18.2 Å². The maximum Gasteiger partial charge on any atom is 0.180 e. The molecule has 0 aromatic carbocycles. The first-order chi connectivity index (χ1) is 7.78. The molecular formula is C9H9ClN4S2. The minimum atomic E-state index is 0.477. The van der Waals surface area contributed by atoms with E-state index in [9.17, 15) is 0 Å². The Hall–Kier alpha value is -0.720. The van der Waals surface area contributed by atoms with E-state index in [1.54, 1.807) is 11.6 Å². The summed E-state index contributed by atoms with van der Waals surface area (Å²) in [4.78, 5) is 8.57. The van der Waals surface area contributed by atoms with Crippen molar-refractivity contribution in [1.29, 1.82) is 0 Å². The second-order valence-electron chi connectivity index (χ2n) is 3.00. The van der Waals surface area contributed by atoms with E-state index in [-0.39, 0.29) is 0 Å². The van der Waals surface area contributed by atoms with Gasteiger partial charge in [0.25, 0.3) is 0 Å². The predicted octanol–water partition coefficient (Wildman–Crippen LogP) is 3.09. The minimum Gasteiger partial charge on any atom is -0.226 e. The normalized spacial score (nSPS) is 10.6. The number of aromatic nitrogens is 4. The van der Waals surface area contributed by atoms with Crippen LogP contribution in [0.25, 0.3) is 0 Å². The summed E-state index contributed by atoms with van der Waals surface area (Å²) in [6.07, 6.45) is 1.84. The van der Waals surface area contributed by atoms with Gasteiger partial charge in [0.1, 0.15) is 21.5 Å². The van der Waals surface area contributed by atoms with Gasteiger partial charge in [0.05, 0.1) is 0 Å². The lowest BCUT2D eigenvalue weighted by Gasteiger charge is -2.01. The Morgan fingerprint density at radius 2 is 2.31 bits per heavy atom. The number of rotatable bonds is 4. The molecule has 2 aromatic rings. The van der Waals surface area contributed by atoms with Gasteiger partial charge in [0.15, 0.2) is 4.34 Å². The molecule has 2 aromatic heterocycles. The highest BCUT2D eigenvalue weighted by Gasteiger charge is 2.06. The van der Waals surface area contributed by atoms with Crippen LogP contribution in [0.3, 0.4) is 0 Å². The first kappa shape index (κ1) is 11.8. The van der Waals surface area contributed by atoms with Gasteiger partial charge in [0.2, 0.25) is 0 Å². The molecule has 2 heterocycles. The molecular weight excluding hydrogens is 264 g/mol. The van der Waals surface area contributed by atoms with E-state index in [0.717, 1.165) is 28.0 Å². The Kier molecular flexibility index (Phi) is 4.09. The number of nitrogens with zero attached hydrogens (tertiary/aromatic N) is 4. The molecule has 84 valence electrons. The van der Waals surface area contributed by atoms with Crippen LogP contribution in [0.2, 0.25) is 5.15 Å². The summed E-state index contributed by atoms with van der Waals surface area (Å²) in [5.41, 5.74) is 1.69. The van der Waals surface area contributed by atoms with Gasteiger partial charge in [-0.1, -0.05) is 29.9 Å².